The molecular formula is C40H72N2O6. The van der Waals surface area contributed by atoms with E-state index in [9.17, 15) is 14.7 Å². The summed E-state index contributed by atoms with van der Waals surface area (Å²) in [6.07, 6.45) is 20.6. The van der Waals surface area contributed by atoms with Gasteiger partial charge in [0.2, 0.25) is 0 Å². The van der Waals surface area contributed by atoms with Crippen molar-refractivity contribution in [2.24, 2.45) is 17.3 Å². The van der Waals surface area contributed by atoms with Crippen LogP contribution in [0.2, 0.25) is 0 Å². The van der Waals surface area contributed by atoms with Gasteiger partial charge in [0.1, 0.15) is 0 Å². The van der Waals surface area contributed by atoms with Gasteiger partial charge in [-0.25, -0.2) is 0 Å². The zero-order valence-electron chi connectivity index (χ0n) is 32.1. The first-order chi connectivity index (χ1) is 22.4. The van der Waals surface area contributed by atoms with Crippen molar-refractivity contribution in [2.45, 2.75) is 225 Å². The summed E-state index contributed by atoms with van der Waals surface area (Å²) in [7, 11) is 0. The molecule has 2 N–H and O–H groups in total. The number of carboxylic acids is 2. The van der Waals surface area contributed by atoms with E-state index < -0.39 is 17.4 Å². The van der Waals surface area contributed by atoms with Crippen LogP contribution < -0.4 is 0 Å². The SMILES string of the molecule is CC1(C)CC(C(CCCCCCCC(=O)O)(C(=O)O)C2CC(C)(C)N(OC3CCCCC3)C(C)(C)C2)CC(C)(C)N1OC1CCCCC1. The van der Waals surface area contributed by atoms with E-state index in [-0.39, 0.29) is 52.6 Å². The van der Waals surface area contributed by atoms with Crippen LogP contribution >= 0.6 is 0 Å². The summed E-state index contributed by atoms with van der Waals surface area (Å²) in [5.74, 6) is -1.38. The maximum absolute atomic E-state index is 14.1. The molecule has 278 valence electrons. The molecule has 2 saturated carbocycles. The lowest BCUT2D eigenvalue weighted by atomic mass is 9.52. The highest BCUT2D eigenvalue weighted by Gasteiger charge is 2.62. The van der Waals surface area contributed by atoms with Crippen molar-refractivity contribution in [3.63, 3.8) is 0 Å². The quantitative estimate of drug-likeness (QED) is 0.165. The van der Waals surface area contributed by atoms with Gasteiger partial charge in [-0.2, -0.15) is 10.1 Å². The smallest absolute Gasteiger partial charge is 0.310 e. The molecular weight excluding hydrogens is 604 g/mol. The van der Waals surface area contributed by atoms with Gasteiger partial charge in [0.15, 0.2) is 0 Å². The van der Waals surface area contributed by atoms with Crippen LogP contribution in [0.1, 0.15) is 190 Å². The number of hydroxylamine groups is 4. The number of hydrogen-bond donors (Lipinski definition) is 2. The minimum atomic E-state index is -0.877. The fraction of sp³-hybridized carbons (Fsp3) is 0.950. The van der Waals surface area contributed by atoms with Crippen LogP contribution in [0, 0.1) is 17.3 Å². The van der Waals surface area contributed by atoms with Crippen molar-refractivity contribution in [1.82, 2.24) is 10.1 Å². The third-order valence-electron chi connectivity index (χ3n) is 12.6. The lowest BCUT2D eigenvalue weighted by molar-refractivity contribution is -0.329. The van der Waals surface area contributed by atoms with Crippen LogP contribution in [0.5, 0.6) is 0 Å². The van der Waals surface area contributed by atoms with Gasteiger partial charge in [0, 0.05) is 28.6 Å². The zero-order valence-corrected chi connectivity index (χ0v) is 32.1. The third-order valence-corrected chi connectivity index (χ3v) is 12.6. The van der Waals surface area contributed by atoms with E-state index in [1.165, 1.54) is 38.5 Å². The summed E-state index contributed by atoms with van der Waals surface area (Å²) >= 11 is 0. The first kappa shape index (κ1) is 39.6. The van der Waals surface area contributed by atoms with Crippen LogP contribution in [-0.2, 0) is 19.3 Å². The fourth-order valence-corrected chi connectivity index (χ4v) is 10.9. The first-order valence-electron chi connectivity index (χ1n) is 19.8. The van der Waals surface area contributed by atoms with Crippen molar-refractivity contribution in [1.29, 1.82) is 0 Å². The predicted octanol–water partition coefficient (Wildman–Crippen LogP) is 9.94. The second kappa shape index (κ2) is 16.0. The molecule has 0 atom stereocenters. The standard InChI is InChI=1S/C40H72N2O6/c1-36(2)26-30(27-37(3,4)41(36)47-32-20-14-12-15-21-32)40(35(45)46,25-19-11-9-10-18-24-34(43)44)31-28-38(5,6)42(39(7,8)29-31)48-33-22-16-13-17-23-33/h30-33H,9-29H2,1-8H3,(H,43,44)(H,45,46). The topological polar surface area (TPSA) is 99.5 Å². The average molecular weight is 677 g/mol. The van der Waals surface area contributed by atoms with Gasteiger partial charge < -0.3 is 10.2 Å². The highest BCUT2D eigenvalue weighted by atomic mass is 16.7. The summed E-state index contributed by atoms with van der Waals surface area (Å²) in [4.78, 5) is 38.9. The molecule has 0 amide bonds. The van der Waals surface area contributed by atoms with Gasteiger partial charge in [-0.1, -0.05) is 64.2 Å². The molecule has 0 spiro atoms. The van der Waals surface area contributed by atoms with Crippen molar-refractivity contribution in [3.05, 3.63) is 0 Å². The van der Waals surface area contributed by atoms with Crippen LogP contribution in [0.3, 0.4) is 0 Å². The van der Waals surface area contributed by atoms with Gasteiger partial charge >= 0.3 is 11.9 Å². The molecule has 4 aliphatic rings. The molecule has 48 heavy (non-hydrogen) atoms. The molecule has 0 radical (unpaired) electrons. The third kappa shape index (κ3) is 9.36. The number of nitrogens with zero attached hydrogens (tertiary/aromatic N) is 2. The number of unbranched alkanes of at least 4 members (excludes halogenated alkanes) is 4. The van der Waals surface area contributed by atoms with E-state index >= 15 is 0 Å². The van der Waals surface area contributed by atoms with Crippen LogP contribution in [0.25, 0.3) is 0 Å². The minimum absolute atomic E-state index is 0.000582. The molecule has 8 heteroatoms. The molecule has 0 aromatic rings. The van der Waals surface area contributed by atoms with E-state index in [0.717, 1.165) is 77.0 Å². The molecule has 4 rings (SSSR count). The zero-order chi connectivity index (χ0) is 35.4. The molecule has 0 unspecified atom stereocenters. The lowest BCUT2D eigenvalue weighted by Crippen LogP contribution is -2.67. The highest BCUT2D eigenvalue weighted by molar-refractivity contribution is 5.76. The molecule has 0 aromatic heterocycles. The summed E-state index contributed by atoms with van der Waals surface area (Å²) in [6.45, 7) is 18.2. The summed E-state index contributed by atoms with van der Waals surface area (Å²) in [5.41, 5.74) is -2.11. The maximum Gasteiger partial charge on any atom is 0.310 e. The Bertz CT molecular complexity index is 962. The summed E-state index contributed by atoms with van der Waals surface area (Å²) in [5, 5.41) is 25.2. The van der Waals surface area contributed by atoms with E-state index in [4.69, 9.17) is 14.8 Å². The number of rotatable bonds is 15. The Balaban J connectivity index is 1.63. The normalized spacial score (nSPS) is 26.4. The number of hydrogen-bond acceptors (Lipinski definition) is 6. The van der Waals surface area contributed by atoms with Crippen LogP contribution in [0.15, 0.2) is 0 Å². The van der Waals surface area contributed by atoms with Gasteiger partial charge in [0.25, 0.3) is 0 Å². The lowest BCUT2D eigenvalue weighted by Gasteiger charge is -2.62. The van der Waals surface area contributed by atoms with Crippen molar-refractivity contribution < 1.29 is 29.5 Å². The summed E-state index contributed by atoms with van der Waals surface area (Å²) in [6, 6.07) is 0. The number of piperidine rings is 2. The molecule has 0 bridgehead atoms. The highest BCUT2D eigenvalue weighted by Crippen LogP contribution is 2.59. The van der Waals surface area contributed by atoms with Gasteiger partial charge in [0.05, 0.1) is 17.6 Å². The Morgan fingerprint density at radius 2 is 0.938 bits per heavy atom. The van der Waals surface area contributed by atoms with E-state index in [1.54, 1.807) is 0 Å². The van der Waals surface area contributed by atoms with E-state index in [0.29, 0.717) is 12.8 Å². The number of carboxylic acid groups (broad SMARTS) is 2. The molecule has 8 nitrogen and oxygen atoms in total. The average Bonchev–Trinajstić information content (AvgIpc) is 2.98. The molecule has 0 aromatic carbocycles. The van der Waals surface area contributed by atoms with Crippen LogP contribution in [-0.4, -0.2) is 66.6 Å². The second-order valence-electron chi connectivity index (χ2n) is 18.8. The minimum Gasteiger partial charge on any atom is -0.481 e. The predicted molar refractivity (Wildman–Crippen MR) is 191 cm³/mol. The molecule has 2 heterocycles. The molecule has 4 fully saturated rings. The van der Waals surface area contributed by atoms with Crippen LogP contribution in [0.4, 0.5) is 0 Å². The fourth-order valence-electron chi connectivity index (χ4n) is 10.9. The Labute approximate surface area is 293 Å². The van der Waals surface area contributed by atoms with Crippen molar-refractivity contribution in [3.8, 4) is 0 Å². The van der Waals surface area contributed by atoms with Gasteiger partial charge in [-0.3, -0.25) is 19.3 Å². The Morgan fingerprint density at radius 3 is 1.29 bits per heavy atom. The Morgan fingerprint density at radius 1 is 0.583 bits per heavy atom. The summed E-state index contributed by atoms with van der Waals surface area (Å²) < 4.78 is 0. The largest absolute Gasteiger partial charge is 0.481 e. The Kier molecular flexibility index (Phi) is 13.2. The van der Waals surface area contributed by atoms with Gasteiger partial charge in [-0.15, -0.1) is 0 Å². The maximum atomic E-state index is 14.1. The number of aliphatic carboxylic acids is 2. The Hall–Kier alpha value is -1.22. The van der Waals surface area contributed by atoms with Gasteiger partial charge in [-0.05, 0) is 131 Å². The monoisotopic (exact) mass is 677 g/mol. The van der Waals surface area contributed by atoms with Crippen molar-refractivity contribution >= 4 is 11.9 Å². The molecule has 2 aliphatic carbocycles. The molecule has 2 aliphatic heterocycles. The van der Waals surface area contributed by atoms with E-state index in [1.807, 2.05) is 0 Å². The number of carbonyl (C=O) groups is 2. The second-order valence-corrected chi connectivity index (χ2v) is 18.8. The first-order valence-corrected chi connectivity index (χ1v) is 19.8. The van der Waals surface area contributed by atoms with E-state index in [2.05, 4.69) is 65.5 Å². The van der Waals surface area contributed by atoms with Crippen molar-refractivity contribution in [2.75, 3.05) is 0 Å². The molecule has 2 saturated heterocycles.